The molecule has 1 atom stereocenters. The van der Waals surface area contributed by atoms with Crippen LogP contribution < -0.4 is 10.6 Å². The summed E-state index contributed by atoms with van der Waals surface area (Å²) in [5.74, 6) is 1.73. The predicted molar refractivity (Wildman–Crippen MR) is 177 cm³/mol. The molecule has 5 aromatic rings. The van der Waals surface area contributed by atoms with Crippen LogP contribution in [-0.2, 0) is 0 Å². The van der Waals surface area contributed by atoms with Gasteiger partial charge in [0.05, 0.1) is 5.69 Å². The second-order valence-electron chi connectivity index (χ2n) is 11.0. The first-order chi connectivity index (χ1) is 20.3. The molecule has 5 nitrogen and oxygen atoms in total. The first-order valence-electron chi connectivity index (χ1n) is 14.6. The van der Waals surface area contributed by atoms with Crippen molar-refractivity contribution in [2.75, 3.05) is 10.6 Å². The molecule has 0 spiro atoms. The number of rotatable bonds is 9. The summed E-state index contributed by atoms with van der Waals surface area (Å²) in [4.78, 5) is 5.02. The van der Waals surface area contributed by atoms with Gasteiger partial charge in [-0.1, -0.05) is 85.8 Å². The molecule has 0 aliphatic heterocycles. The van der Waals surface area contributed by atoms with E-state index in [1.54, 1.807) is 0 Å². The van der Waals surface area contributed by atoms with Crippen LogP contribution >= 0.6 is 0 Å². The van der Waals surface area contributed by atoms with Gasteiger partial charge in [0, 0.05) is 17.3 Å². The zero-order valence-corrected chi connectivity index (χ0v) is 25.4. The van der Waals surface area contributed by atoms with Gasteiger partial charge >= 0.3 is 0 Å². The van der Waals surface area contributed by atoms with Crippen LogP contribution in [0.3, 0.4) is 0 Å². The zero-order chi connectivity index (χ0) is 29.6. The van der Waals surface area contributed by atoms with Gasteiger partial charge in [-0.2, -0.15) is 5.11 Å². The van der Waals surface area contributed by atoms with Gasteiger partial charge in [-0.05, 0) is 98.2 Å². The van der Waals surface area contributed by atoms with E-state index in [1.807, 2.05) is 12.1 Å². The lowest BCUT2D eigenvalue weighted by atomic mass is 9.89. The van der Waals surface area contributed by atoms with Crippen molar-refractivity contribution in [2.24, 2.45) is 10.2 Å². The van der Waals surface area contributed by atoms with Gasteiger partial charge in [-0.3, -0.25) is 0 Å². The van der Waals surface area contributed by atoms with E-state index in [2.05, 4.69) is 137 Å². The van der Waals surface area contributed by atoms with Crippen molar-refractivity contribution >= 4 is 34.4 Å². The second kappa shape index (κ2) is 12.8. The van der Waals surface area contributed by atoms with Crippen molar-refractivity contribution in [3.63, 3.8) is 0 Å². The summed E-state index contributed by atoms with van der Waals surface area (Å²) in [6.45, 7) is 12.7. The van der Waals surface area contributed by atoms with E-state index >= 15 is 0 Å². The lowest BCUT2D eigenvalue weighted by Crippen LogP contribution is -2.03. The summed E-state index contributed by atoms with van der Waals surface area (Å²) in [7, 11) is 0. The Hall–Kier alpha value is -4.77. The highest BCUT2D eigenvalue weighted by molar-refractivity contribution is 5.77. The first-order valence-corrected chi connectivity index (χ1v) is 14.6. The van der Waals surface area contributed by atoms with Crippen molar-refractivity contribution in [1.82, 2.24) is 4.98 Å². The summed E-state index contributed by atoms with van der Waals surface area (Å²) >= 11 is 0. The minimum absolute atomic E-state index is 0.307. The Bertz CT molecular complexity index is 1680. The van der Waals surface area contributed by atoms with E-state index < -0.39 is 0 Å². The molecular formula is C37H39N5. The Labute approximate surface area is 249 Å². The van der Waals surface area contributed by atoms with Gasteiger partial charge < -0.3 is 10.6 Å². The monoisotopic (exact) mass is 553 g/mol. The number of para-hydroxylation sites is 2. The van der Waals surface area contributed by atoms with Gasteiger partial charge in [-0.25, -0.2) is 4.98 Å². The molecular weight excluding hydrogens is 514 g/mol. The third-order valence-electron chi connectivity index (χ3n) is 7.79. The molecule has 0 saturated carbocycles. The summed E-state index contributed by atoms with van der Waals surface area (Å²) in [5.41, 5.74) is 11.8. The van der Waals surface area contributed by atoms with Crippen LogP contribution in [0.4, 0.5) is 34.4 Å². The topological polar surface area (TPSA) is 61.7 Å². The summed E-state index contributed by atoms with van der Waals surface area (Å²) in [6, 6.07) is 33.6. The van der Waals surface area contributed by atoms with Gasteiger partial charge in [0.1, 0.15) is 11.5 Å². The number of anilines is 4. The third-order valence-corrected chi connectivity index (χ3v) is 7.79. The maximum absolute atomic E-state index is 5.02. The Kier molecular flexibility index (Phi) is 8.77. The second-order valence-corrected chi connectivity index (χ2v) is 11.0. The Morgan fingerprint density at radius 3 is 1.79 bits per heavy atom. The lowest BCUT2D eigenvalue weighted by molar-refractivity contribution is 0.777. The number of aromatic nitrogens is 1. The summed E-state index contributed by atoms with van der Waals surface area (Å²) in [6.07, 6.45) is 1.01. The average molecular weight is 554 g/mol. The first kappa shape index (κ1) is 28.7. The van der Waals surface area contributed by atoms with Crippen LogP contribution in [0.5, 0.6) is 0 Å². The fourth-order valence-corrected chi connectivity index (χ4v) is 5.47. The molecule has 0 aliphatic carbocycles. The highest BCUT2D eigenvalue weighted by atomic mass is 15.2. The van der Waals surface area contributed by atoms with Crippen LogP contribution in [0.2, 0.25) is 0 Å². The minimum Gasteiger partial charge on any atom is -0.340 e. The van der Waals surface area contributed by atoms with Gasteiger partial charge in [-0.15, -0.1) is 5.11 Å². The molecule has 2 N–H and O–H groups in total. The van der Waals surface area contributed by atoms with Crippen molar-refractivity contribution in [2.45, 2.75) is 53.9 Å². The molecule has 1 aromatic heterocycles. The lowest BCUT2D eigenvalue weighted by Gasteiger charge is -2.18. The molecule has 0 saturated heterocycles. The van der Waals surface area contributed by atoms with E-state index in [4.69, 9.17) is 15.2 Å². The number of hydrogen-bond acceptors (Lipinski definition) is 5. The van der Waals surface area contributed by atoms with Crippen LogP contribution in [-0.4, -0.2) is 4.98 Å². The van der Waals surface area contributed by atoms with Gasteiger partial charge in [0.25, 0.3) is 0 Å². The van der Waals surface area contributed by atoms with Crippen LogP contribution in [0.15, 0.2) is 107 Å². The fraction of sp³-hybridized carbons (Fsp3) is 0.216. The molecule has 1 heterocycles. The molecule has 212 valence electrons. The van der Waals surface area contributed by atoms with Crippen molar-refractivity contribution in [1.29, 1.82) is 0 Å². The number of aryl methyl sites for hydroxylation is 5. The molecule has 42 heavy (non-hydrogen) atoms. The highest BCUT2D eigenvalue weighted by Gasteiger charge is 2.15. The smallest absolute Gasteiger partial charge is 0.161 e. The summed E-state index contributed by atoms with van der Waals surface area (Å²) < 4.78 is 0. The quantitative estimate of drug-likeness (QED) is 0.178. The van der Waals surface area contributed by atoms with Crippen LogP contribution in [0, 0.1) is 34.6 Å². The molecule has 0 radical (unpaired) electrons. The van der Waals surface area contributed by atoms with E-state index in [0.29, 0.717) is 17.4 Å². The predicted octanol–water partition coefficient (Wildman–Crippen LogP) is 11.1. The Morgan fingerprint density at radius 2 is 1.17 bits per heavy atom. The molecule has 5 heteroatoms. The largest absolute Gasteiger partial charge is 0.340 e. The number of benzene rings is 4. The number of nitrogens with zero attached hydrogens (tertiary/aromatic N) is 3. The van der Waals surface area contributed by atoms with E-state index in [-0.39, 0.29) is 0 Å². The van der Waals surface area contributed by atoms with Crippen molar-refractivity contribution in [3.8, 4) is 0 Å². The maximum atomic E-state index is 5.02. The molecule has 4 aromatic carbocycles. The average Bonchev–Trinajstić information content (AvgIpc) is 2.98. The molecule has 0 aliphatic rings. The van der Waals surface area contributed by atoms with Crippen molar-refractivity contribution < 1.29 is 0 Å². The van der Waals surface area contributed by atoms with Gasteiger partial charge in [0.15, 0.2) is 5.82 Å². The summed E-state index contributed by atoms with van der Waals surface area (Å²) in [5, 5.41) is 16.7. The minimum atomic E-state index is 0.307. The molecule has 0 bridgehead atoms. The third kappa shape index (κ3) is 6.41. The molecule has 0 fully saturated rings. The number of azo groups is 1. The number of nitrogens with one attached hydrogen (secondary N) is 2. The normalized spacial score (nSPS) is 12.0. The van der Waals surface area contributed by atoms with E-state index in [9.17, 15) is 0 Å². The molecule has 0 amide bonds. The fourth-order valence-electron chi connectivity index (χ4n) is 5.47. The molecule has 5 rings (SSSR count). The van der Waals surface area contributed by atoms with E-state index in [1.165, 1.54) is 22.3 Å². The van der Waals surface area contributed by atoms with Gasteiger partial charge in [0.2, 0.25) is 0 Å². The standard InChI is InChI=1S/C37H39N5/c1-7-32(29-18-9-8-10-19-29)30-20-13-21-31(23-30)41-42-36-28(6)22-33(38-34-24(2)14-11-15-25(34)3)39-37(36)40-35-26(4)16-12-17-27(35)5/h8-23,32H,7H2,1-6H3,(H2,38,39,40). The number of hydrogen-bond donors (Lipinski definition) is 2. The Balaban J connectivity index is 1.53. The highest BCUT2D eigenvalue weighted by Crippen LogP contribution is 2.37. The van der Waals surface area contributed by atoms with Crippen LogP contribution in [0.1, 0.15) is 58.2 Å². The zero-order valence-electron chi connectivity index (χ0n) is 25.4. The number of pyridine rings is 1. The molecule has 1 unspecified atom stereocenters. The maximum Gasteiger partial charge on any atom is 0.161 e. The van der Waals surface area contributed by atoms with Crippen LogP contribution in [0.25, 0.3) is 0 Å². The SMILES string of the molecule is CCC(c1ccccc1)c1cccc(N=Nc2c(C)cc(Nc3c(C)cccc3C)nc2Nc2c(C)cccc2C)c1. The van der Waals surface area contributed by atoms with E-state index in [0.717, 1.165) is 46.0 Å². The Morgan fingerprint density at radius 1 is 0.595 bits per heavy atom. The van der Waals surface area contributed by atoms with Crippen molar-refractivity contribution in [3.05, 3.63) is 136 Å².